The Kier molecular flexibility index (Phi) is 3.00. The Labute approximate surface area is 85.3 Å². The molecule has 0 spiro atoms. The second-order valence-electron chi connectivity index (χ2n) is 1.87. The van der Waals surface area contributed by atoms with E-state index >= 15 is 0 Å². The van der Waals surface area contributed by atoms with Crippen molar-refractivity contribution in [2.45, 2.75) is 0 Å². The summed E-state index contributed by atoms with van der Waals surface area (Å²) in [6.45, 7) is 0. The first-order valence-electron chi connectivity index (χ1n) is 2.75. The van der Waals surface area contributed by atoms with Crippen LogP contribution in [0.5, 0.6) is 0 Å². The van der Waals surface area contributed by atoms with E-state index in [1.807, 2.05) is 0 Å². The van der Waals surface area contributed by atoms with Gasteiger partial charge < -0.3 is 0 Å². The molecule has 0 fully saturated rings. The van der Waals surface area contributed by atoms with E-state index in [0.29, 0.717) is 19.9 Å². The van der Waals surface area contributed by atoms with Crippen LogP contribution in [0.4, 0.5) is 4.39 Å². The molecule has 0 saturated heterocycles. The maximum atomic E-state index is 12.8. The number of aldehydes is 1. The molecule has 1 rings (SSSR count). The van der Waals surface area contributed by atoms with Crippen LogP contribution in [0, 0.1) is 9.39 Å². The molecule has 0 aromatic heterocycles. The molecule has 4 heteroatoms. The first kappa shape index (κ1) is 9.12. The third-order valence-corrected chi connectivity index (χ3v) is 2.99. The highest BCUT2D eigenvalue weighted by atomic mass is 127. The van der Waals surface area contributed by atoms with Crippen molar-refractivity contribution in [3.8, 4) is 0 Å². The lowest BCUT2D eigenvalue weighted by molar-refractivity contribution is 0.112. The quantitative estimate of drug-likeness (QED) is 0.440. The lowest BCUT2D eigenvalue weighted by Crippen LogP contribution is -1.91. The highest BCUT2D eigenvalue weighted by Gasteiger charge is 2.07. The molecule has 0 amide bonds. The van der Waals surface area contributed by atoms with Crippen LogP contribution < -0.4 is 0 Å². The van der Waals surface area contributed by atoms with Gasteiger partial charge in [-0.2, -0.15) is 0 Å². The fourth-order valence-electron chi connectivity index (χ4n) is 0.651. The molecule has 0 bridgehead atoms. The Hall–Kier alpha value is 0.0300. The summed E-state index contributed by atoms with van der Waals surface area (Å²) in [5.74, 6) is -0.365. The van der Waals surface area contributed by atoms with Crippen LogP contribution in [0.2, 0.25) is 0 Å². The van der Waals surface area contributed by atoms with E-state index in [2.05, 4.69) is 15.9 Å². The van der Waals surface area contributed by atoms with Crippen LogP contribution in [0.15, 0.2) is 16.6 Å². The van der Waals surface area contributed by atoms with Crippen molar-refractivity contribution < 1.29 is 9.18 Å². The van der Waals surface area contributed by atoms with Gasteiger partial charge in [-0.05, 0) is 34.7 Å². The second-order valence-corrected chi connectivity index (χ2v) is 3.81. The van der Waals surface area contributed by atoms with Gasteiger partial charge in [0, 0.05) is 10.0 Å². The van der Waals surface area contributed by atoms with Crippen molar-refractivity contribution in [1.82, 2.24) is 0 Å². The summed E-state index contributed by atoms with van der Waals surface area (Å²) in [6.07, 6.45) is 0.634. The zero-order chi connectivity index (χ0) is 8.43. The van der Waals surface area contributed by atoms with Gasteiger partial charge in [0.2, 0.25) is 0 Å². The summed E-state index contributed by atoms with van der Waals surface area (Å²) < 4.78 is 13.7. The van der Waals surface area contributed by atoms with Gasteiger partial charge in [0.25, 0.3) is 0 Å². The Morgan fingerprint density at radius 2 is 2.18 bits per heavy atom. The third-order valence-electron chi connectivity index (χ3n) is 1.20. The van der Waals surface area contributed by atoms with E-state index in [1.165, 1.54) is 12.1 Å². The number of hydrogen-bond donors (Lipinski definition) is 0. The number of rotatable bonds is 1. The fraction of sp³-hybridized carbons (Fsp3) is 0. The summed E-state index contributed by atoms with van der Waals surface area (Å²) in [7, 11) is 0. The van der Waals surface area contributed by atoms with E-state index in [9.17, 15) is 9.18 Å². The topological polar surface area (TPSA) is 17.1 Å². The van der Waals surface area contributed by atoms with Crippen molar-refractivity contribution in [3.05, 3.63) is 31.6 Å². The maximum Gasteiger partial charge on any atom is 0.152 e. The summed E-state index contributed by atoms with van der Waals surface area (Å²) in [5.41, 5.74) is 0.366. The molecule has 0 aliphatic heterocycles. The van der Waals surface area contributed by atoms with Crippen molar-refractivity contribution >= 4 is 44.8 Å². The van der Waals surface area contributed by atoms with Gasteiger partial charge in [-0.3, -0.25) is 4.79 Å². The monoisotopic (exact) mass is 328 g/mol. The summed E-state index contributed by atoms with van der Waals surface area (Å²) >= 11 is 4.93. The molecular weight excluding hydrogens is 326 g/mol. The molecule has 0 unspecified atom stereocenters. The van der Waals surface area contributed by atoms with E-state index in [-0.39, 0.29) is 5.82 Å². The molecule has 0 atom stereocenters. The van der Waals surface area contributed by atoms with Crippen LogP contribution in [-0.2, 0) is 0 Å². The maximum absolute atomic E-state index is 12.8. The standard InChI is InChI=1S/C7H3BrFIO/c8-5-1-2-6(9)7(10)4(5)3-11/h1-3H. The van der Waals surface area contributed by atoms with E-state index < -0.39 is 0 Å². The molecule has 1 aromatic rings. The van der Waals surface area contributed by atoms with Gasteiger partial charge in [0.05, 0.1) is 3.57 Å². The molecule has 0 saturated carbocycles. The number of halogens is 3. The molecule has 0 aliphatic carbocycles. The van der Waals surface area contributed by atoms with Gasteiger partial charge in [0.15, 0.2) is 6.29 Å². The molecule has 1 nitrogen and oxygen atoms in total. The molecule has 58 valence electrons. The van der Waals surface area contributed by atoms with Gasteiger partial charge in [-0.1, -0.05) is 15.9 Å². The smallest absolute Gasteiger partial charge is 0.152 e. The highest BCUT2D eigenvalue weighted by molar-refractivity contribution is 14.1. The summed E-state index contributed by atoms with van der Waals surface area (Å²) in [5, 5.41) is 0. The van der Waals surface area contributed by atoms with Crippen LogP contribution in [0.3, 0.4) is 0 Å². The van der Waals surface area contributed by atoms with Crippen molar-refractivity contribution in [1.29, 1.82) is 0 Å². The van der Waals surface area contributed by atoms with E-state index in [4.69, 9.17) is 0 Å². The molecule has 0 radical (unpaired) electrons. The van der Waals surface area contributed by atoms with Crippen LogP contribution in [0.25, 0.3) is 0 Å². The Morgan fingerprint density at radius 1 is 1.55 bits per heavy atom. The average Bonchev–Trinajstić information content (AvgIpc) is 1.99. The zero-order valence-electron chi connectivity index (χ0n) is 5.27. The van der Waals surface area contributed by atoms with Crippen LogP contribution >= 0.6 is 38.5 Å². The Morgan fingerprint density at radius 3 is 2.64 bits per heavy atom. The minimum atomic E-state index is -0.365. The Bertz CT molecular complexity index is 301. The van der Waals surface area contributed by atoms with Crippen LogP contribution in [0.1, 0.15) is 10.4 Å². The molecule has 0 N–H and O–H groups in total. The molecular formula is C7H3BrFIO. The number of hydrogen-bond acceptors (Lipinski definition) is 1. The van der Waals surface area contributed by atoms with Crippen molar-refractivity contribution in [3.63, 3.8) is 0 Å². The predicted molar refractivity (Wildman–Crippen MR) is 52.2 cm³/mol. The lowest BCUT2D eigenvalue weighted by Gasteiger charge is -1.99. The lowest BCUT2D eigenvalue weighted by atomic mass is 10.2. The highest BCUT2D eigenvalue weighted by Crippen LogP contribution is 2.22. The van der Waals surface area contributed by atoms with Gasteiger partial charge in [-0.25, -0.2) is 4.39 Å². The first-order chi connectivity index (χ1) is 5.16. The molecule has 0 aliphatic rings. The number of carbonyl (C=O) groups excluding carboxylic acids is 1. The summed E-state index contributed by atoms with van der Waals surface area (Å²) in [6, 6.07) is 2.83. The molecule has 1 aromatic carbocycles. The predicted octanol–water partition coefficient (Wildman–Crippen LogP) is 3.01. The molecule has 11 heavy (non-hydrogen) atoms. The van der Waals surface area contributed by atoms with Crippen molar-refractivity contribution in [2.24, 2.45) is 0 Å². The average molecular weight is 329 g/mol. The van der Waals surface area contributed by atoms with Gasteiger partial charge >= 0.3 is 0 Å². The van der Waals surface area contributed by atoms with E-state index in [0.717, 1.165) is 0 Å². The van der Waals surface area contributed by atoms with Crippen molar-refractivity contribution in [2.75, 3.05) is 0 Å². The minimum absolute atomic E-state index is 0.354. The zero-order valence-corrected chi connectivity index (χ0v) is 9.02. The molecule has 0 heterocycles. The van der Waals surface area contributed by atoms with Gasteiger partial charge in [-0.15, -0.1) is 0 Å². The number of carbonyl (C=O) groups is 1. The number of benzene rings is 1. The minimum Gasteiger partial charge on any atom is -0.298 e. The fourth-order valence-corrected chi connectivity index (χ4v) is 2.04. The summed E-state index contributed by atoms with van der Waals surface area (Å²) in [4.78, 5) is 10.4. The van der Waals surface area contributed by atoms with Gasteiger partial charge in [0.1, 0.15) is 5.82 Å². The van der Waals surface area contributed by atoms with Crippen LogP contribution in [-0.4, -0.2) is 6.29 Å². The normalized spacial score (nSPS) is 9.73. The largest absolute Gasteiger partial charge is 0.298 e. The second kappa shape index (κ2) is 3.62. The third kappa shape index (κ3) is 1.79. The SMILES string of the molecule is O=Cc1c(Br)ccc(F)c1I. The first-order valence-corrected chi connectivity index (χ1v) is 4.62. The Balaban J connectivity index is 3.40. The van der Waals surface area contributed by atoms with E-state index in [1.54, 1.807) is 22.6 Å².